The van der Waals surface area contributed by atoms with Crippen LogP contribution in [0.15, 0.2) is 48.5 Å². The number of rotatable bonds is 9. The molecule has 8 heteroatoms. The minimum atomic E-state index is -0.258. The average molecular weight is 571 g/mol. The SMILES string of the molecule is COc1cc(C(c2cc(C)c(N)c(OC)c2)C(c2cc(C)c(N)c(OC)c2)c2cc(C)c(N)c(OC)c2)cc(C)c1N. The Kier molecular flexibility index (Phi) is 8.66. The molecule has 42 heavy (non-hydrogen) atoms. The average Bonchev–Trinajstić information content (AvgIpc) is 2.97. The zero-order valence-electron chi connectivity index (χ0n) is 25.7. The minimum Gasteiger partial charge on any atom is -0.495 e. The number of hydrogen-bond donors (Lipinski definition) is 4. The lowest BCUT2D eigenvalue weighted by Crippen LogP contribution is -2.17. The van der Waals surface area contributed by atoms with Crippen molar-refractivity contribution >= 4 is 22.7 Å². The molecule has 0 bridgehead atoms. The molecule has 8 N–H and O–H groups in total. The van der Waals surface area contributed by atoms with Gasteiger partial charge in [-0.2, -0.15) is 0 Å². The second kappa shape index (κ2) is 12.0. The Labute approximate surface area is 248 Å². The first kappa shape index (κ1) is 30.2. The summed E-state index contributed by atoms with van der Waals surface area (Å²) in [4.78, 5) is 0. The highest BCUT2D eigenvalue weighted by Gasteiger charge is 2.32. The Balaban J connectivity index is 2.18. The third-order valence-electron chi connectivity index (χ3n) is 8.13. The molecule has 4 aromatic rings. The van der Waals surface area contributed by atoms with Gasteiger partial charge in [0.1, 0.15) is 23.0 Å². The molecule has 0 fully saturated rings. The molecule has 0 atom stereocenters. The summed E-state index contributed by atoms with van der Waals surface area (Å²) < 4.78 is 22.9. The highest BCUT2D eigenvalue weighted by molar-refractivity contribution is 5.67. The summed E-state index contributed by atoms with van der Waals surface area (Å²) in [7, 11) is 6.50. The van der Waals surface area contributed by atoms with Gasteiger partial charge in [-0.3, -0.25) is 0 Å². The zero-order chi connectivity index (χ0) is 30.9. The second-order valence-corrected chi connectivity index (χ2v) is 10.8. The summed E-state index contributed by atoms with van der Waals surface area (Å²) in [6, 6.07) is 16.4. The van der Waals surface area contributed by atoms with E-state index in [2.05, 4.69) is 24.3 Å². The number of ether oxygens (including phenoxy) is 4. The molecule has 4 aromatic carbocycles. The van der Waals surface area contributed by atoms with Gasteiger partial charge in [0.25, 0.3) is 0 Å². The molecule has 0 unspecified atom stereocenters. The Morgan fingerprint density at radius 2 is 0.571 bits per heavy atom. The van der Waals surface area contributed by atoms with Gasteiger partial charge in [0.05, 0.1) is 51.2 Å². The predicted octanol–water partition coefficient (Wildman–Crippen LogP) is 6.25. The molecule has 0 aliphatic heterocycles. The molecule has 0 aliphatic carbocycles. The van der Waals surface area contributed by atoms with Crippen molar-refractivity contribution in [3.05, 3.63) is 93.0 Å². The van der Waals surface area contributed by atoms with Crippen LogP contribution in [0.4, 0.5) is 22.7 Å². The summed E-state index contributed by atoms with van der Waals surface area (Å²) >= 11 is 0. The lowest BCUT2D eigenvalue weighted by Gasteiger charge is -2.32. The zero-order valence-corrected chi connectivity index (χ0v) is 25.7. The molecule has 4 rings (SSSR count). The van der Waals surface area contributed by atoms with E-state index < -0.39 is 0 Å². The number of hydrogen-bond acceptors (Lipinski definition) is 8. The fourth-order valence-electron chi connectivity index (χ4n) is 5.72. The van der Waals surface area contributed by atoms with Gasteiger partial charge in [-0.1, -0.05) is 24.3 Å². The number of methoxy groups -OCH3 is 4. The van der Waals surface area contributed by atoms with E-state index in [1.807, 2.05) is 52.0 Å². The fraction of sp³-hybridized carbons (Fsp3) is 0.294. The topological polar surface area (TPSA) is 141 Å². The largest absolute Gasteiger partial charge is 0.495 e. The summed E-state index contributed by atoms with van der Waals surface area (Å²) in [6.07, 6.45) is 0. The molecule has 0 radical (unpaired) electrons. The van der Waals surface area contributed by atoms with E-state index in [0.29, 0.717) is 45.7 Å². The van der Waals surface area contributed by atoms with Gasteiger partial charge in [0, 0.05) is 11.8 Å². The second-order valence-electron chi connectivity index (χ2n) is 10.8. The van der Waals surface area contributed by atoms with E-state index >= 15 is 0 Å². The maximum absolute atomic E-state index is 6.42. The Hall–Kier alpha value is -4.72. The van der Waals surface area contributed by atoms with Crippen LogP contribution in [0.1, 0.15) is 56.3 Å². The third kappa shape index (κ3) is 5.44. The molecular weight excluding hydrogens is 528 g/mol. The highest BCUT2D eigenvalue weighted by atomic mass is 16.5. The van der Waals surface area contributed by atoms with Crippen LogP contribution < -0.4 is 41.9 Å². The van der Waals surface area contributed by atoms with Gasteiger partial charge in [-0.05, 0) is 96.5 Å². The summed E-state index contributed by atoms with van der Waals surface area (Å²) in [5.41, 5.74) is 35.7. The molecule has 0 saturated carbocycles. The van der Waals surface area contributed by atoms with Crippen molar-refractivity contribution in [3.8, 4) is 23.0 Å². The monoisotopic (exact) mass is 570 g/mol. The lowest BCUT2D eigenvalue weighted by atomic mass is 9.72. The van der Waals surface area contributed by atoms with Crippen molar-refractivity contribution in [1.29, 1.82) is 0 Å². The van der Waals surface area contributed by atoms with E-state index in [1.165, 1.54) is 0 Å². The molecule has 0 spiro atoms. The number of nitrogen functional groups attached to an aromatic ring is 4. The van der Waals surface area contributed by atoms with E-state index in [1.54, 1.807) is 28.4 Å². The van der Waals surface area contributed by atoms with Crippen molar-refractivity contribution in [2.24, 2.45) is 0 Å². The molecule has 0 amide bonds. The van der Waals surface area contributed by atoms with Crippen LogP contribution in [0, 0.1) is 27.7 Å². The van der Waals surface area contributed by atoms with Gasteiger partial charge in [0.15, 0.2) is 0 Å². The number of nitrogens with two attached hydrogens (primary N) is 4. The Morgan fingerprint density at radius 3 is 0.738 bits per heavy atom. The number of aryl methyl sites for hydroxylation is 4. The van der Waals surface area contributed by atoms with E-state index in [-0.39, 0.29) is 11.8 Å². The van der Waals surface area contributed by atoms with Gasteiger partial charge >= 0.3 is 0 Å². The van der Waals surface area contributed by atoms with Crippen molar-refractivity contribution in [2.45, 2.75) is 39.5 Å². The third-order valence-corrected chi connectivity index (χ3v) is 8.13. The number of benzene rings is 4. The van der Waals surface area contributed by atoms with Crippen LogP contribution in [0.5, 0.6) is 23.0 Å². The Bertz CT molecular complexity index is 1390. The van der Waals surface area contributed by atoms with Crippen molar-refractivity contribution in [2.75, 3.05) is 51.4 Å². The first-order valence-electron chi connectivity index (χ1n) is 13.7. The van der Waals surface area contributed by atoms with E-state index in [4.69, 9.17) is 41.9 Å². The highest BCUT2D eigenvalue weighted by Crippen LogP contribution is 2.49. The van der Waals surface area contributed by atoms with Crippen LogP contribution in [0.25, 0.3) is 0 Å². The van der Waals surface area contributed by atoms with Crippen molar-refractivity contribution in [1.82, 2.24) is 0 Å². The molecule has 0 heterocycles. The van der Waals surface area contributed by atoms with E-state index in [0.717, 1.165) is 44.5 Å². The predicted molar refractivity (Wildman–Crippen MR) is 172 cm³/mol. The van der Waals surface area contributed by atoms with Gasteiger partial charge < -0.3 is 41.9 Å². The van der Waals surface area contributed by atoms with E-state index in [9.17, 15) is 0 Å². The van der Waals surface area contributed by atoms with Crippen LogP contribution in [0.2, 0.25) is 0 Å². The van der Waals surface area contributed by atoms with Gasteiger partial charge in [-0.25, -0.2) is 0 Å². The smallest absolute Gasteiger partial charge is 0.142 e. The molecule has 222 valence electrons. The molecular formula is C34H42N4O4. The van der Waals surface area contributed by atoms with Gasteiger partial charge in [-0.15, -0.1) is 0 Å². The molecule has 8 nitrogen and oxygen atoms in total. The first-order valence-corrected chi connectivity index (χ1v) is 13.7. The Morgan fingerprint density at radius 1 is 0.381 bits per heavy atom. The molecule has 0 saturated heterocycles. The maximum Gasteiger partial charge on any atom is 0.142 e. The molecule has 0 aromatic heterocycles. The lowest BCUT2D eigenvalue weighted by molar-refractivity contribution is 0.413. The maximum atomic E-state index is 6.42. The summed E-state index contributed by atoms with van der Waals surface area (Å²) in [5, 5.41) is 0. The summed E-state index contributed by atoms with van der Waals surface area (Å²) in [5.74, 6) is 1.89. The van der Waals surface area contributed by atoms with Crippen LogP contribution in [-0.4, -0.2) is 28.4 Å². The molecule has 0 aliphatic rings. The minimum absolute atomic E-state index is 0.258. The fourth-order valence-corrected chi connectivity index (χ4v) is 5.72. The standard InChI is InChI=1S/C34H42N4O4/c1-17-9-21(13-25(39-5)31(17)35)29(22-10-18(2)32(36)26(14-22)40-6)30(23-11-19(3)33(37)27(15-23)41-7)24-12-20(4)34(38)28(16-24)42-8/h9-16,29-30H,35-38H2,1-8H3. The van der Waals surface area contributed by atoms with Crippen molar-refractivity contribution < 1.29 is 18.9 Å². The first-order chi connectivity index (χ1) is 19.9. The van der Waals surface area contributed by atoms with Gasteiger partial charge in [0.2, 0.25) is 0 Å². The van der Waals surface area contributed by atoms with Crippen LogP contribution >= 0.6 is 0 Å². The number of anilines is 4. The summed E-state index contributed by atoms with van der Waals surface area (Å²) in [6.45, 7) is 7.92. The van der Waals surface area contributed by atoms with Crippen LogP contribution in [0.3, 0.4) is 0 Å². The quantitative estimate of drug-likeness (QED) is 0.173. The normalized spacial score (nSPS) is 11.2. The van der Waals surface area contributed by atoms with Crippen LogP contribution in [-0.2, 0) is 0 Å². The van der Waals surface area contributed by atoms with Crippen molar-refractivity contribution in [3.63, 3.8) is 0 Å².